The Labute approximate surface area is 147 Å². The summed E-state index contributed by atoms with van der Waals surface area (Å²) < 4.78 is 1.05. The fourth-order valence-electron chi connectivity index (χ4n) is 3.11. The number of pyridine rings is 1. The molecule has 0 saturated carbocycles. The highest BCUT2D eigenvalue weighted by molar-refractivity contribution is 9.10. The third-order valence-corrected chi connectivity index (χ3v) is 5.93. The molecule has 2 aromatic heterocycles. The van der Waals surface area contributed by atoms with Crippen LogP contribution in [0.2, 0.25) is 0 Å². The Balaban J connectivity index is 1.89. The van der Waals surface area contributed by atoms with Gasteiger partial charge < -0.3 is 5.73 Å². The van der Waals surface area contributed by atoms with Gasteiger partial charge in [0.05, 0.1) is 16.6 Å². The number of halogens is 1. The maximum absolute atomic E-state index is 6.08. The normalized spacial score (nSPS) is 16.0. The number of rotatable bonds is 2. The van der Waals surface area contributed by atoms with Crippen molar-refractivity contribution >= 4 is 44.4 Å². The molecule has 1 aliphatic rings. The molecule has 118 valence electrons. The number of H-pyrrole nitrogens is 1. The summed E-state index contributed by atoms with van der Waals surface area (Å²) in [6, 6.07) is 10.3. The average molecular weight is 389 g/mol. The highest BCUT2D eigenvalue weighted by atomic mass is 79.9. The second kappa shape index (κ2) is 6.17. The molecule has 6 heteroatoms. The van der Waals surface area contributed by atoms with E-state index in [0.29, 0.717) is 11.7 Å². The number of anilines is 1. The molecule has 3 heterocycles. The minimum Gasteiger partial charge on any atom is -0.382 e. The summed E-state index contributed by atoms with van der Waals surface area (Å²) in [5.74, 6) is 3.46. The van der Waals surface area contributed by atoms with Gasteiger partial charge >= 0.3 is 0 Å². The molecule has 0 atom stereocenters. The van der Waals surface area contributed by atoms with E-state index in [2.05, 4.69) is 44.3 Å². The van der Waals surface area contributed by atoms with Gasteiger partial charge in [-0.05, 0) is 42.5 Å². The van der Waals surface area contributed by atoms with Crippen LogP contribution in [0.15, 0.2) is 34.8 Å². The number of nitrogens with zero attached hydrogens (tertiary/aromatic N) is 2. The first kappa shape index (κ1) is 15.0. The van der Waals surface area contributed by atoms with Crippen molar-refractivity contribution in [3.05, 3.63) is 40.5 Å². The Morgan fingerprint density at radius 3 is 2.65 bits per heavy atom. The first-order valence-corrected chi connectivity index (χ1v) is 9.65. The molecule has 4 rings (SSSR count). The third-order valence-electron chi connectivity index (χ3n) is 4.35. The number of nitrogens with one attached hydrogen (secondary N) is 1. The summed E-state index contributed by atoms with van der Waals surface area (Å²) in [6.07, 6.45) is 2.37. The quantitative estimate of drug-likeness (QED) is 0.673. The van der Waals surface area contributed by atoms with Crippen LogP contribution >= 0.6 is 27.7 Å². The van der Waals surface area contributed by atoms with Gasteiger partial charge in [0.1, 0.15) is 0 Å². The monoisotopic (exact) mass is 388 g/mol. The van der Waals surface area contributed by atoms with E-state index >= 15 is 0 Å². The van der Waals surface area contributed by atoms with E-state index in [1.165, 1.54) is 24.3 Å². The Morgan fingerprint density at radius 2 is 1.91 bits per heavy atom. The van der Waals surface area contributed by atoms with Crippen molar-refractivity contribution in [1.82, 2.24) is 15.2 Å². The van der Waals surface area contributed by atoms with Gasteiger partial charge in [-0.3, -0.25) is 10.1 Å². The zero-order chi connectivity index (χ0) is 15.8. The Hall–Kier alpha value is -1.53. The van der Waals surface area contributed by atoms with Crippen molar-refractivity contribution in [2.45, 2.75) is 18.8 Å². The van der Waals surface area contributed by atoms with Gasteiger partial charge in [-0.1, -0.05) is 28.1 Å². The van der Waals surface area contributed by atoms with Crippen LogP contribution in [0.4, 0.5) is 5.82 Å². The van der Waals surface area contributed by atoms with E-state index < -0.39 is 0 Å². The molecule has 0 radical (unpaired) electrons. The number of nitrogen functional groups attached to an aromatic ring is 1. The van der Waals surface area contributed by atoms with Crippen molar-refractivity contribution < 1.29 is 0 Å². The molecule has 23 heavy (non-hydrogen) atoms. The lowest BCUT2D eigenvalue weighted by Crippen LogP contribution is -2.10. The first-order valence-electron chi connectivity index (χ1n) is 7.70. The molecule has 0 amide bonds. The fourth-order valence-corrected chi connectivity index (χ4v) is 4.48. The summed E-state index contributed by atoms with van der Waals surface area (Å²) in [6.45, 7) is 0. The van der Waals surface area contributed by atoms with Gasteiger partial charge in [0.15, 0.2) is 5.82 Å². The molecule has 1 saturated heterocycles. The molecule has 1 fully saturated rings. The fraction of sp³-hybridized carbons (Fsp3) is 0.294. The lowest BCUT2D eigenvalue weighted by molar-refractivity contribution is 0.621. The van der Waals surface area contributed by atoms with Crippen molar-refractivity contribution in [3.8, 4) is 11.3 Å². The van der Waals surface area contributed by atoms with E-state index in [-0.39, 0.29) is 0 Å². The summed E-state index contributed by atoms with van der Waals surface area (Å²) in [5, 5.41) is 8.16. The molecular weight excluding hydrogens is 372 g/mol. The molecule has 0 aliphatic carbocycles. The van der Waals surface area contributed by atoms with E-state index in [0.717, 1.165) is 32.3 Å². The van der Waals surface area contributed by atoms with E-state index in [1.807, 2.05) is 23.9 Å². The third kappa shape index (κ3) is 2.85. The van der Waals surface area contributed by atoms with Gasteiger partial charge in [0, 0.05) is 21.6 Å². The van der Waals surface area contributed by atoms with E-state index in [1.54, 1.807) is 0 Å². The number of thioether (sulfide) groups is 1. The molecule has 1 aromatic carbocycles. The molecule has 0 bridgehead atoms. The Morgan fingerprint density at radius 1 is 1.17 bits per heavy atom. The van der Waals surface area contributed by atoms with Crippen LogP contribution < -0.4 is 5.73 Å². The number of nitrogens with two attached hydrogens (primary N) is 1. The zero-order valence-electron chi connectivity index (χ0n) is 12.6. The second-order valence-corrected chi connectivity index (χ2v) is 7.96. The van der Waals surface area contributed by atoms with Crippen LogP contribution in [0.5, 0.6) is 0 Å². The van der Waals surface area contributed by atoms with Gasteiger partial charge in [0.25, 0.3) is 0 Å². The number of hydrogen-bond acceptors (Lipinski definition) is 4. The van der Waals surface area contributed by atoms with Gasteiger partial charge in [-0.15, -0.1) is 0 Å². The molecule has 4 nitrogen and oxygen atoms in total. The van der Waals surface area contributed by atoms with Crippen LogP contribution in [0.1, 0.15) is 24.5 Å². The van der Waals surface area contributed by atoms with Crippen LogP contribution in [-0.4, -0.2) is 26.7 Å². The molecule has 0 spiro atoms. The SMILES string of the molecule is Nc1n[nH]c2cc(C3CCSCC3)nc(-c3ccc(Br)cc3)c12. The van der Waals surface area contributed by atoms with Crippen LogP contribution in [0.25, 0.3) is 22.2 Å². The number of hydrogen-bond donors (Lipinski definition) is 2. The summed E-state index contributed by atoms with van der Waals surface area (Å²) in [4.78, 5) is 4.99. The van der Waals surface area contributed by atoms with Gasteiger partial charge in [-0.25, -0.2) is 0 Å². The highest BCUT2D eigenvalue weighted by Crippen LogP contribution is 2.36. The molecule has 1 aliphatic heterocycles. The predicted octanol–water partition coefficient (Wildman–Crippen LogP) is 4.58. The summed E-state index contributed by atoms with van der Waals surface area (Å²) in [5.41, 5.74) is 10.2. The zero-order valence-corrected chi connectivity index (χ0v) is 15.0. The maximum Gasteiger partial charge on any atom is 0.155 e. The van der Waals surface area contributed by atoms with E-state index in [9.17, 15) is 0 Å². The van der Waals surface area contributed by atoms with E-state index in [4.69, 9.17) is 10.7 Å². The second-order valence-electron chi connectivity index (χ2n) is 5.82. The van der Waals surface area contributed by atoms with Crippen LogP contribution in [0.3, 0.4) is 0 Å². The number of aromatic nitrogens is 3. The Bertz CT molecular complexity index is 838. The minimum absolute atomic E-state index is 0.510. The molecule has 0 unspecified atom stereocenters. The smallest absolute Gasteiger partial charge is 0.155 e. The predicted molar refractivity (Wildman–Crippen MR) is 101 cm³/mol. The van der Waals surface area contributed by atoms with Crippen molar-refractivity contribution in [1.29, 1.82) is 0 Å². The lowest BCUT2D eigenvalue weighted by atomic mass is 9.96. The van der Waals surface area contributed by atoms with Gasteiger partial charge in [-0.2, -0.15) is 16.9 Å². The van der Waals surface area contributed by atoms with Crippen molar-refractivity contribution in [2.75, 3.05) is 17.2 Å². The van der Waals surface area contributed by atoms with Crippen LogP contribution in [-0.2, 0) is 0 Å². The highest BCUT2D eigenvalue weighted by Gasteiger charge is 2.21. The minimum atomic E-state index is 0.510. The molecule has 3 aromatic rings. The average Bonchev–Trinajstić information content (AvgIpc) is 2.97. The van der Waals surface area contributed by atoms with Crippen molar-refractivity contribution in [3.63, 3.8) is 0 Å². The Kier molecular flexibility index (Phi) is 4.03. The van der Waals surface area contributed by atoms with Crippen molar-refractivity contribution in [2.24, 2.45) is 0 Å². The first-order chi connectivity index (χ1) is 11.2. The molecule has 3 N–H and O–H groups in total. The molecular formula is C17H17BrN4S. The number of aromatic amines is 1. The largest absolute Gasteiger partial charge is 0.382 e. The number of benzene rings is 1. The maximum atomic E-state index is 6.08. The topological polar surface area (TPSA) is 67.6 Å². The number of fused-ring (bicyclic) bond motifs is 1. The lowest BCUT2D eigenvalue weighted by Gasteiger charge is -2.21. The van der Waals surface area contributed by atoms with Crippen LogP contribution in [0, 0.1) is 0 Å². The summed E-state index contributed by atoms with van der Waals surface area (Å²) in [7, 11) is 0. The summed E-state index contributed by atoms with van der Waals surface area (Å²) >= 11 is 5.52. The standard InChI is InChI=1S/C17H17BrN4S/c18-12-3-1-11(2-4-12)16-15-14(21-22-17(15)19)9-13(20-16)10-5-7-23-8-6-10/h1-4,9-10H,5-8H2,(H3,19,21,22). The van der Waals surface area contributed by atoms with Gasteiger partial charge in [0.2, 0.25) is 0 Å².